The van der Waals surface area contributed by atoms with Crippen molar-refractivity contribution in [2.24, 2.45) is 0 Å². The normalized spacial score (nSPS) is 14.5. The molecule has 180 valence electrons. The molecule has 3 heterocycles. The lowest BCUT2D eigenvalue weighted by Crippen LogP contribution is -2.50. The van der Waals surface area contributed by atoms with E-state index in [2.05, 4.69) is 9.88 Å². The SMILES string of the molecule is CC(C)(C)OC(=O)N1CCN(c2ccc(-c3c(C=O)ccc4[nH]c(=O)c5sccc5c34)cc2)CC1. The molecule has 1 fully saturated rings. The topological polar surface area (TPSA) is 82.7 Å². The van der Waals surface area contributed by atoms with E-state index >= 15 is 0 Å². The van der Waals surface area contributed by atoms with Crippen molar-refractivity contribution in [1.29, 1.82) is 0 Å². The number of nitrogens with zero attached hydrogens (tertiary/aromatic N) is 2. The lowest BCUT2D eigenvalue weighted by atomic mass is 9.94. The highest BCUT2D eigenvalue weighted by Gasteiger charge is 2.26. The first kappa shape index (κ1) is 23.1. The molecule has 0 spiro atoms. The third kappa shape index (κ3) is 4.41. The maximum Gasteiger partial charge on any atom is 0.410 e. The Kier molecular flexibility index (Phi) is 5.84. The maximum absolute atomic E-state index is 12.5. The summed E-state index contributed by atoms with van der Waals surface area (Å²) < 4.78 is 6.14. The van der Waals surface area contributed by atoms with Crippen LogP contribution >= 0.6 is 11.3 Å². The van der Waals surface area contributed by atoms with E-state index in [-0.39, 0.29) is 11.7 Å². The summed E-state index contributed by atoms with van der Waals surface area (Å²) >= 11 is 1.40. The number of nitrogens with one attached hydrogen (secondary N) is 1. The van der Waals surface area contributed by atoms with E-state index in [1.54, 1.807) is 17.0 Å². The quantitative estimate of drug-likeness (QED) is 0.396. The van der Waals surface area contributed by atoms with Gasteiger partial charge in [-0.1, -0.05) is 12.1 Å². The number of aromatic amines is 1. The van der Waals surface area contributed by atoms with Crippen molar-refractivity contribution in [3.63, 3.8) is 0 Å². The van der Waals surface area contributed by atoms with Gasteiger partial charge in [-0.15, -0.1) is 11.3 Å². The zero-order valence-electron chi connectivity index (χ0n) is 20.0. The van der Waals surface area contributed by atoms with Crippen LogP contribution in [0.1, 0.15) is 31.1 Å². The van der Waals surface area contributed by atoms with Crippen molar-refractivity contribution in [1.82, 2.24) is 9.88 Å². The van der Waals surface area contributed by atoms with Crippen molar-refractivity contribution in [2.45, 2.75) is 26.4 Å². The Morgan fingerprint density at radius 1 is 1.03 bits per heavy atom. The predicted octanol–water partition coefficient (Wildman–Crippen LogP) is 5.28. The molecule has 0 aliphatic carbocycles. The third-order valence-corrected chi connectivity index (χ3v) is 7.12. The highest BCUT2D eigenvalue weighted by atomic mass is 32.1. The zero-order chi connectivity index (χ0) is 24.7. The number of thiophene rings is 1. The van der Waals surface area contributed by atoms with Gasteiger partial charge in [0, 0.05) is 59.3 Å². The van der Waals surface area contributed by atoms with Gasteiger partial charge in [-0.25, -0.2) is 4.79 Å². The van der Waals surface area contributed by atoms with Crippen molar-refractivity contribution in [2.75, 3.05) is 31.1 Å². The van der Waals surface area contributed by atoms with Crippen LogP contribution in [0.15, 0.2) is 52.6 Å². The molecule has 1 aliphatic rings. The number of amides is 1. The van der Waals surface area contributed by atoms with Gasteiger partial charge in [0.2, 0.25) is 0 Å². The number of carbonyl (C=O) groups excluding carboxylic acids is 2. The molecule has 8 heteroatoms. The molecule has 0 bridgehead atoms. The zero-order valence-corrected chi connectivity index (χ0v) is 20.8. The number of benzene rings is 2. The standard InChI is InChI=1S/C27H27N3O4S/c1-27(2,3)34-26(33)30-13-11-29(12-14-30)19-7-4-17(5-8-19)22-18(16-31)6-9-21-23(22)20-10-15-35-24(20)25(32)28-21/h4-10,15-16H,11-14H2,1-3H3,(H,28,32). The second kappa shape index (κ2) is 8.85. The van der Waals surface area contributed by atoms with Crippen LogP contribution < -0.4 is 10.5 Å². The minimum absolute atomic E-state index is 0.117. The summed E-state index contributed by atoms with van der Waals surface area (Å²) in [6, 6.07) is 13.6. The van der Waals surface area contributed by atoms with E-state index in [0.717, 1.165) is 33.9 Å². The van der Waals surface area contributed by atoms with Gasteiger partial charge < -0.3 is 19.5 Å². The Bertz CT molecular complexity index is 1470. The number of fused-ring (bicyclic) bond motifs is 3. The van der Waals surface area contributed by atoms with Gasteiger partial charge in [0.25, 0.3) is 5.56 Å². The summed E-state index contributed by atoms with van der Waals surface area (Å²) in [6.07, 6.45) is 0.588. The Balaban J connectivity index is 1.44. The number of carbonyl (C=O) groups is 2. The monoisotopic (exact) mass is 489 g/mol. The number of aldehydes is 1. The van der Waals surface area contributed by atoms with Gasteiger partial charge >= 0.3 is 6.09 Å². The van der Waals surface area contributed by atoms with Crippen LogP contribution in [-0.4, -0.2) is 54.0 Å². The van der Waals surface area contributed by atoms with Gasteiger partial charge in [-0.2, -0.15) is 0 Å². The van der Waals surface area contributed by atoms with E-state index in [1.165, 1.54) is 11.3 Å². The molecule has 35 heavy (non-hydrogen) atoms. The van der Waals surface area contributed by atoms with Crippen LogP contribution in [0.4, 0.5) is 10.5 Å². The molecule has 1 amide bonds. The second-order valence-corrected chi connectivity index (χ2v) is 10.6. The second-order valence-electron chi connectivity index (χ2n) is 9.69. The van der Waals surface area contributed by atoms with Gasteiger partial charge in [-0.05, 0) is 62.0 Å². The average molecular weight is 490 g/mol. The largest absolute Gasteiger partial charge is 0.444 e. The average Bonchev–Trinajstić information content (AvgIpc) is 3.33. The molecule has 0 atom stereocenters. The fraction of sp³-hybridized carbons (Fsp3) is 0.296. The molecular formula is C27H27N3O4S. The van der Waals surface area contributed by atoms with Crippen molar-refractivity contribution in [3.05, 3.63) is 63.8 Å². The number of H-pyrrole nitrogens is 1. The molecule has 1 saturated heterocycles. The Morgan fingerprint density at radius 2 is 1.74 bits per heavy atom. The summed E-state index contributed by atoms with van der Waals surface area (Å²) in [5.41, 5.74) is 3.45. The lowest BCUT2D eigenvalue weighted by molar-refractivity contribution is 0.0240. The minimum Gasteiger partial charge on any atom is -0.444 e. The number of hydrogen-bond donors (Lipinski definition) is 1. The number of hydrogen-bond acceptors (Lipinski definition) is 6. The van der Waals surface area contributed by atoms with Crippen molar-refractivity contribution >= 4 is 50.4 Å². The molecule has 2 aromatic carbocycles. The Hall–Kier alpha value is -3.65. The van der Waals surface area contributed by atoms with E-state index in [4.69, 9.17) is 4.74 Å². The lowest BCUT2D eigenvalue weighted by Gasteiger charge is -2.36. The van der Waals surface area contributed by atoms with Gasteiger partial charge in [-0.3, -0.25) is 9.59 Å². The number of rotatable bonds is 3. The van der Waals surface area contributed by atoms with E-state index in [9.17, 15) is 14.4 Å². The highest BCUT2D eigenvalue weighted by molar-refractivity contribution is 7.17. The van der Waals surface area contributed by atoms with Crippen LogP contribution in [-0.2, 0) is 4.74 Å². The van der Waals surface area contributed by atoms with Crippen LogP contribution in [0.2, 0.25) is 0 Å². The molecule has 1 N–H and O–H groups in total. The minimum atomic E-state index is -0.506. The first-order valence-corrected chi connectivity index (χ1v) is 12.5. The molecule has 2 aromatic heterocycles. The summed E-state index contributed by atoms with van der Waals surface area (Å²) in [4.78, 5) is 43.7. The van der Waals surface area contributed by atoms with E-state index in [0.29, 0.717) is 42.0 Å². The Morgan fingerprint density at radius 3 is 2.40 bits per heavy atom. The maximum atomic E-state index is 12.5. The van der Waals surface area contributed by atoms with Crippen LogP contribution in [0, 0.1) is 0 Å². The van der Waals surface area contributed by atoms with Crippen LogP contribution in [0.3, 0.4) is 0 Å². The molecule has 0 saturated carbocycles. The summed E-state index contributed by atoms with van der Waals surface area (Å²) in [7, 11) is 0. The molecule has 0 radical (unpaired) electrons. The number of aromatic nitrogens is 1. The molecule has 0 unspecified atom stereocenters. The third-order valence-electron chi connectivity index (χ3n) is 6.21. The van der Waals surface area contributed by atoms with Crippen molar-refractivity contribution in [3.8, 4) is 11.1 Å². The van der Waals surface area contributed by atoms with Gasteiger partial charge in [0.05, 0.1) is 0 Å². The number of ether oxygens (including phenoxy) is 1. The molecule has 5 rings (SSSR count). The highest BCUT2D eigenvalue weighted by Crippen LogP contribution is 2.36. The Labute approximate surface area is 206 Å². The smallest absolute Gasteiger partial charge is 0.410 e. The van der Waals surface area contributed by atoms with Crippen LogP contribution in [0.5, 0.6) is 0 Å². The summed E-state index contributed by atoms with van der Waals surface area (Å²) in [5, 5.41) is 3.63. The number of pyridine rings is 1. The number of anilines is 1. The first-order valence-electron chi connectivity index (χ1n) is 11.6. The van der Waals surface area contributed by atoms with Crippen molar-refractivity contribution < 1.29 is 14.3 Å². The predicted molar refractivity (Wildman–Crippen MR) is 141 cm³/mol. The van der Waals surface area contributed by atoms with Gasteiger partial charge in [0.1, 0.15) is 10.3 Å². The summed E-state index contributed by atoms with van der Waals surface area (Å²) in [6.45, 7) is 8.23. The summed E-state index contributed by atoms with van der Waals surface area (Å²) in [5.74, 6) is 0. The molecule has 7 nitrogen and oxygen atoms in total. The van der Waals surface area contributed by atoms with Crippen LogP contribution in [0.25, 0.3) is 32.1 Å². The molecule has 4 aromatic rings. The molecule has 1 aliphatic heterocycles. The first-order chi connectivity index (χ1) is 16.7. The molecular weight excluding hydrogens is 462 g/mol. The van der Waals surface area contributed by atoms with E-state index < -0.39 is 5.60 Å². The fourth-order valence-corrected chi connectivity index (χ4v) is 5.38. The fourth-order valence-electron chi connectivity index (χ4n) is 4.59. The number of piperazine rings is 1. The van der Waals surface area contributed by atoms with E-state index in [1.807, 2.05) is 56.5 Å². The van der Waals surface area contributed by atoms with Gasteiger partial charge in [0.15, 0.2) is 6.29 Å².